The van der Waals surface area contributed by atoms with E-state index in [1.165, 1.54) is 0 Å². The molecule has 0 spiro atoms. The van der Waals surface area contributed by atoms with E-state index in [1.54, 1.807) is 9.03 Å². The number of carbonyl (C=O) groups excluding carboxylic acids is 1. The first-order valence-electron chi connectivity index (χ1n) is 9.41. The molecule has 5 heterocycles. The second-order valence-electron chi connectivity index (χ2n) is 7.38. The molecule has 148 valence electrons. The molecule has 1 aliphatic heterocycles. The first-order valence-corrected chi connectivity index (χ1v) is 9.41. The summed E-state index contributed by atoms with van der Waals surface area (Å²) in [4.78, 5) is 23.2. The third-order valence-corrected chi connectivity index (χ3v) is 5.06. The van der Waals surface area contributed by atoms with Crippen molar-refractivity contribution in [2.24, 2.45) is 5.92 Å². The van der Waals surface area contributed by atoms with Crippen LogP contribution in [0.25, 0.3) is 11.4 Å². The molecule has 1 saturated heterocycles. The van der Waals surface area contributed by atoms with Gasteiger partial charge in [0.15, 0.2) is 11.5 Å². The van der Waals surface area contributed by atoms with Crippen molar-refractivity contribution in [1.82, 2.24) is 44.7 Å². The molecule has 1 aliphatic rings. The van der Waals surface area contributed by atoms with Crippen molar-refractivity contribution in [1.29, 1.82) is 0 Å². The molecule has 0 atom stereocenters. The topological polar surface area (TPSA) is 119 Å². The van der Waals surface area contributed by atoms with Crippen LogP contribution < -0.4 is 10.2 Å². The number of hydrogen-bond donors (Lipinski definition) is 1. The Morgan fingerprint density at radius 2 is 1.93 bits per heavy atom. The van der Waals surface area contributed by atoms with Crippen LogP contribution in [0.4, 0.5) is 5.82 Å². The Balaban J connectivity index is 1.20. The number of carbonyl (C=O) groups is 1. The summed E-state index contributed by atoms with van der Waals surface area (Å²) in [6, 6.07) is 5.75. The van der Waals surface area contributed by atoms with Crippen LogP contribution in [-0.4, -0.2) is 64.9 Å². The number of hydrogen-bond acceptors (Lipinski definition) is 8. The standard InChI is InChI=1S/C18H20N10O/c1-10-6-11(2)27-18(20-10)21-16(25-27)17(29)19-7-13-8-26(9-13)15-5-4-14-23-22-12(3)28(14)24-15/h4-6,13H,7-9H2,1-3H3,(H,19,29). The van der Waals surface area contributed by atoms with Gasteiger partial charge in [0.1, 0.15) is 5.82 Å². The van der Waals surface area contributed by atoms with Gasteiger partial charge in [0.05, 0.1) is 0 Å². The molecule has 11 nitrogen and oxygen atoms in total. The number of amides is 1. The summed E-state index contributed by atoms with van der Waals surface area (Å²) in [7, 11) is 0. The average molecular weight is 392 g/mol. The summed E-state index contributed by atoms with van der Waals surface area (Å²) in [6.07, 6.45) is 0. The summed E-state index contributed by atoms with van der Waals surface area (Å²) < 4.78 is 3.32. The summed E-state index contributed by atoms with van der Waals surface area (Å²) in [6.45, 7) is 7.87. The van der Waals surface area contributed by atoms with E-state index in [9.17, 15) is 4.79 Å². The van der Waals surface area contributed by atoms with E-state index in [1.807, 2.05) is 39.0 Å². The summed E-state index contributed by atoms with van der Waals surface area (Å²) in [5.74, 6) is 2.27. The number of fused-ring (bicyclic) bond motifs is 2. The number of anilines is 1. The lowest BCUT2D eigenvalue weighted by Gasteiger charge is -2.40. The van der Waals surface area contributed by atoms with Gasteiger partial charge in [0, 0.05) is 36.9 Å². The highest BCUT2D eigenvalue weighted by Crippen LogP contribution is 2.22. The smallest absolute Gasteiger partial charge is 0.291 e. The van der Waals surface area contributed by atoms with Crippen molar-refractivity contribution in [3.63, 3.8) is 0 Å². The van der Waals surface area contributed by atoms with E-state index in [0.29, 0.717) is 18.2 Å². The maximum Gasteiger partial charge on any atom is 0.291 e. The molecule has 0 saturated carbocycles. The fourth-order valence-electron chi connectivity index (χ4n) is 3.52. The molecule has 0 radical (unpaired) electrons. The van der Waals surface area contributed by atoms with Crippen LogP contribution >= 0.6 is 0 Å². The van der Waals surface area contributed by atoms with Gasteiger partial charge in [-0.25, -0.2) is 9.50 Å². The van der Waals surface area contributed by atoms with Gasteiger partial charge in [-0.2, -0.15) is 9.50 Å². The Morgan fingerprint density at radius 3 is 2.76 bits per heavy atom. The molecule has 4 aromatic rings. The fraction of sp³-hybridized carbons (Fsp3) is 0.389. The molecule has 1 fully saturated rings. The molecule has 11 heteroatoms. The van der Waals surface area contributed by atoms with Crippen LogP contribution in [0.15, 0.2) is 18.2 Å². The Kier molecular flexibility index (Phi) is 3.89. The molecule has 1 N–H and O–H groups in total. The number of nitrogens with one attached hydrogen (secondary N) is 1. The molecule has 5 rings (SSSR count). The molecule has 0 aromatic carbocycles. The van der Waals surface area contributed by atoms with Gasteiger partial charge in [-0.15, -0.1) is 20.4 Å². The van der Waals surface area contributed by atoms with Crippen molar-refractivity contribution >= 4 is 23.1 Å². The predicted molar refractivity (Wildman–Crippen MR) is 104 cm³/mol. The zero-order chi connectivity index (χ0) is 20.1. The summed E-state index contributed by atoms with van der Waals surface area (Å²) in [5.41, 5.74) is 2.47. The Morgan fingerprint density at radius 1 is 1.10 bits per heavy atom. The highest BCUT2D eigenvalue weighted by atomic mass is 16.2. The number of rotatable bonds is 4. The second-order valence-corrected chi connectivity index (χ2v) is 7.38. The van der Waals surface area contributed by atoms with Gasteiger partial charge in [0.2, 0.25) is 5.82 Å². The van der Waals surface area contributed by atoms with Gasteiger partial charge in [-0.05, 0) is 39.0 Å². The van der Waals surface area contributed by atoms with Crippen molar-refractivity contribution in [3.05, 3.63) is 41.2 Å². The predicted octanol–water partition coefficient (Wildman–Crippen LogP) is 0.353. The van der Waals surface area contributed by atoms with Gasteiger partial charge in [0.25, 0.3) is 11.7 Å². The van der Waals surface area contributed by atoms with Gasteiger partial charge in [-0.3, -0.25) is 4.79 Å². The minimum absolute atomic E-state index is 0.137. The minimum atomic E-state index is -0.286. The highest BCUT2D eigenvalue weighted by Gasteiger charge is 2.29. The Labute approximate surface area is 165 Å². The van der Waals surface area contributed by atoms with E-state index < -0.39 is 0 Å². The van der Waals surface area contributed by atoms with E-state index in [0.717, 1.165) is 41.8 Å². The largest absolute Gasteiger partial charge is 0.354 e. The van der Waals surface area contributed by atoms with Crippen LogP contribution in [0.3, 0.4) is 0 Å². The fourth-order valence-corrected chi connectivity index (χ4v) is 3.52. The van der Waals surface area contributed by atoms with Crippen molar-refractivity contribution in [2.75, 3.05) is 24.5 Å². The minimum Gasteiger partial charge on any atom is -0.354 e. The maximum atomic E-state index is 12.4. The normalized spacial score (nSPS) is 14.5. The first-order chi connectivity index (χ1) is 14.0. The monoisotopic (exact) mass is 392 g/mol. The van der Waals surface area contributed by atoms with Gasteiger partial charge in [-0.1, -0.05) is 0 Å². The van der Waals surface area contributed by atoms with Crippen LogP contribution in [0.5, 0.6) is 0 Å². The SMILES string of the molecule is Cc1cc(C)n2nc(C(=O)NCC3CN(c4ccc5nnc(C)n5n4)C3)nc2n1. The number of nitrogens with zero attached hydrogens (tertiary/aromatic N) is 9. The number of aryl methyl sites for hydroxylation is 3. The highest BCUT2D eigenvalue weighted by molar-refractivity contribution is 5.90. The lowest BCUT2D eigenvalue weighted by Crippen LogP contribution is -2.52. The van der Waals surface area contributed by atoms with Gasteiger partial charge >= 0.3 is 0 Å². The average Bonchev–Trinajstić information content (AvgIpc) is 3.24. The second kappa shape index (κ2) is 6.47. The van der Waals surface area contributed by atoms with E-state index in [4.69, 9.17) is 0 Å². The lowest BCUT2D eigenvalue weighted by atomic mass is 10.0. The number of aromatic nitrogens is 8. The zero-order valence-corrected chi connectivity index (χ0v) is 16.4. The van der Waals surface area contributed by atoms with E-state index >= 15 is 0 Å². The van der Waals surface area contributed by atoms with Crippen molar-refractivity contribution < 1.29 is 4.79 Å². The van der Waals surface area contributed by atoms with Crippen LogP contribution in [-0.2, 0) is 0 Å². The molecule has 0 unspecified atom stereocenters. The zero-order valence-electron chi connectivity index (χ0n) is 16.4. The van der Waals surface area contributed by atoms with E-state index in [2.05, 4.69) is 40.6 Å². The Bertz CT molecular complexity index is 1240. The van der Waals surface area contributed by atoms with Crippen molar-refractivity contribution in [2.45, 2.75) is 20.8 Å². The summed E-state index contributed by atoms with van der Waals surface area (Å²) in [5, 5.41) is 19.8. The first kappa shape index (κ1) is 17.5. The van der Waals surface area contributed by atoms with Crippen LogP contribution in [0.1, 0.15) is 27.8 Å². The Hall–Kier alpha value is -3.63. The summed E-state index contributed by atoms with van der Waals surface area (Å²) >= 11 is 0. The van der Waals surface area contributed by atoms with Crippen LogP contribution in [0, 0.1) is 26.7 Å². The quantitative estimate of drug-likeness (QED) is 0.529. The third-order valence-electron chi connectivity index (χ3n) is 5.06. The van der Waals surface area contributed by atoms with Crippen LogP contribution in [0.2, 0.25) is 0 Å². The van der Waals surface area contributed by atoms with Crippen molar-refractivity contribution in [3.8, 4) is 0 Å². The molecule has 29 heavy (non-hydrogen) atoms. The van der Waals surface area contributed by atoms with E-state index in [-0.39, 0.29) is 11.7 Å². The molecule has 0 bridgehead atoms. The molecular weight excluding hydrogens is 372 g/mol. The molecule has 0 aliphatic carbocycles. The van der Waals surface area contributed by atoms with Gasteiger partial charge < -0.3 is 10.2 Å². The molecular formula is C18H20N10O. The maximum absolute atomic E-state index is 12.4. The third kappa shape index (κ3) is 3.04. The lowest BCUT2D eigenvalue weighted by molar-refractivity contribution is 0.0934. The molecule has 1 amide bonds. The molecule has 4 aromatic heterocycles.